The first-order valence-electron chi connectivity index (χ1n) is 9.18. The molecule has 0 bridgehead atoms. The monoisotopic (exact) mass is 376 g/mol. The van der Waals surface area contributed by atoms with Gasteiger partial charge in [0.1, 0.15) is 11.9 Å². The van der Waals surface area contributed by atoms with Crippen molar-refractivity contribution in [1.29, 1.82) is 0 Å². The number of benzene rings is 2. The number of ketones is 1. The number of nitrogens with zero attached hydrogens (tertiary/aromatic N) is 2. The Hall–Kier alpha value is -3.28. The van der Waals surface area contributed by atoms with E-state index in [1.54, 1.807) is 0 Å². The molecule has 0 unspecified atom stereocenters. The Morgan fingerprint density at radius 1 is 0.964 bits per heavy atom. The van der Waals surface area contributed by atoms with Crippen molar-refractivity contribution >= 4 is 35.0 Å². The molecule has 0 spiro atoms. The van der Waals surface area contributed by atoms with Gasteiger partial charge in [-0.3, -0.25) is 14.4 Å². The quantitative estimate of drug-likeness (QED) is 0.757. The van der Waals surface area contributed by atoms with Gasteiger partial charge in [-0.2, -0.15) is 0 Å². The van der Waals surface area contributed by atoms with Gasteiger partial charge >= 0.3 is 0 Å². The number of anilines is 2. The maximum atomic E-state index is 13.3. The number of carbonyl (C=O) groups is 3. The van der Waals surface area contributed by atoms with Crippen molar-refractivity contribution in [2.45, 2.75) is 19.0 Å². The molecule has 0 radical (unpaired) electrons. The summed E-state index contributed by atoms with van der Waals surface area (Å²) in [5, 5.41) is 0. The lowest BCUT2D eigenvalue weighted by atomic mass is 9.88. The van der Waals surface area contributed by atoms with Gasteiger partial charge in [0, 0.05) is 5.69 Å². The number of hydrogen-bond acceptors (Lipinski definition) is 4. The topological polar surface area (TPSA) is 57.7 Å². The molecule has 4 atom stereocenters. The van der Waals surface area contributed by atoms with Crippen molar-refractivity contribution in [2.24, 2.45) is 11.8 Å². The van der Waals surface area contributed by atoms with Crippen LogP contribution < -0.4 is 9.80 Å². The lowest BCUT2D eigenvalue weighted by Gasteiger charge is -2.36. The fourth-order valence-electron chi connectivity index (χ4n) is 4.82. The molecule has 0 saturated carbocycles. The van der Waals surface area contributed by atoms with E-state index in [4.69, 9.17) is 0 Å². The molecule has 2 saturated heterocycles. The molecule has 0 aromatic heterocycles. The van der Waals surface area contributed by atoms with E-state index in [-0.39, 0.29) is 17.7 Å². The van der Waals surface area contributed by atoms with Gasteiger partial charge in [0.25, 0.3) is 0 Å². The first-order chi connectivity index (χ1) is 13.5. The van der Waals surface area contributed by atoms with Gasteiger partial charge in [0.2, 0.25) is 11.8 Å². The number of hydrogen-bond donors (Lipinski definition) is 0. The van der Waals surface area contributed by atoms with E-state index in [9.17, 15) is 18.8 Å². The van der Waals surface area contributed by atoms with Crippen LogP contribution in [0.4, 0.5) is 15.8 Å². The minimum absolute atomic E-state index is 0.148. The van der Waals surface area contributed by atoms with E-state index in [2.05, 4.69) is 0 Å². The number of para-hydroxylation sites is 1. The third-order valence-electron chi connectivity index (χ3n) is 5.92. The van der Waals surface area contributed by atoms with Crippen molar-refractivity contribution in [1.82, 2.24) is 0 Å². The van der Waals surface area contributed by atoms with Gasteiger partial charge in [-0.15, -0.1) is 0 Å². The van der Waals surface area contributed by atoms with E-state index in [1.165, 1.54) is 31.2 Å². The summed E-state index contributed by atoms with van der Waals surface area (Å²) in [6.07, 6.45) is 3.84. The van der Waals surface area contributed by atoms with E-state index in [0.29, 0.717) is 5.69 Å². The normalized spacial score (nSPS) is 27.6. The minimum Gasteiger partial charge on any atom is -0.353 e. The number of carbonyl (C=O) groups excluding carboxylic acids is 3. The predicted octanol–water partition coefficient (Wildman–Crippen LogP) is 2.80. The molecule has 6 heteroatoms. The molecule has 0 N–H and O–H groups in total. The highest BCUT2D eigenvalue weighted by Gasteiger charge is 2.63. The number of rotatable bonds is 2. The van der Waals surface area contributed by atoms with Crippen LogP contribution in [0.15, 0.2) is 54.6 Å². The van der Waals surface area contributed by atoms with Crippen LogP contribution in [0.2, 0.25) is 0 Å². The highest BCUT2D eigenvalue weighted by molar-refractivity contribution is 6.24. The Balaban J connectivity index is 1.62. The Kier molecular flexibility index (Phi) is 3.53. The summed E-state index contributed by atoms with van der Waals surface area (Å²) in [5.41, 5.74) is 2.15. The second-order valence-electron chi connectivity index (χ2n) is 7.41. The second kappa shape index (κ2) is 5.86. The van der Waals surface area contributed by atoms with E-state index in [1.807, 2.05) is 41.3 Å². The fourth-order valence-corrected chi connectivity index (χ4v) is 4.82. The lowest BCUT2D eigenvalue weighted by molar-refractivity contribution is -0.126. The summed E-state index contributed by atoms with van der Waals surface area (Å²) in [6, 6.07) is 11.9. The summed E-state index contributed by atoms with van der Waals surface area (Å²) < 4.78 is 13.3. The first kappa shape index (κ1) is 16.9. The van der Waals surface area contributed by atoms with Gasteiger partial charge in [-0.05, 0) is 42.8 Å². The standard InChI is InChI=1S/C22H17FN2O3/c1-12(26)20-19-18(17-11-6-13-4-2-3-5-16(13)25(17)20)21(27)24(22(19)28)15-9-7-14(23)8-10-15/h2-11,17-20H,1H3/t17-,18-,19-,20-/m1/s1. The Morgan fingerprint density at radius 3 is 2.36 bits per heavy atom. The van der Waals surface area contributed by atoms with E-state index < -0.39 is 29.6 Å². The van der Waals surface area contributed by atoms with Gasteiger partial charge < -0.3 is 4.90 Å². The molecule has 5 rings (SSSR count). The maximum Gasteiger partial charge on any atom is 0.240 e. The minimum atomic E-state index is -0.754. The summed E-state index contributed by atoms with van der Waals surface area (Å²) in [7, 11) is 0. The largest absolute Gasteiger partial charge is 0.353 e. The Morgan fingerprint density at radius 2 is 1.64 bits per heavy atom. The zero-order valence-corrected chi connectivity index (χ0v) is 15.1. The molecule has 0 aliphatic carbocycles. The lowest BCUT2D eigenvalue weighted by Crippen LogP contribution is -2.48. The molecular formula is C22H17FN2O3. The Bertz CT molecular complexity index is 1050. The summed E-state index contributed by atoms with van der Waals surface area (Å²) in [4.78, 5) is 42.1. The molecule has 2 amide bonds. The van der Waals surface area contributed by atoms with Crippen LogP contribution in [0.25, 0.3) is 6.08 Å². The van der Waals surface area contributed by atoms with Crippen LogP contribution in [0.1, 0.15) is 12.5 Å². The fraction of sp³-hybridized carbons (Fsp3) is 0.227. The van der Waals surface area contributed by atoms with Crippen molar-refractivity contribution in [2.75, 3.05) is 9.80 Å². The molecule has 3 heterocycles. The van der Waals surface area contributed by atoms with Crippen LogP contribution in [-0.2, 0) is 14.4 Å². The van der Waals surface area contributed by atoms with Gasteiger partial charge in [-0.25, -0.2) is 9.29 Å². The van der Waals surface area contributed by atoms with Crippen LogP contribution in [-0.4, -0.2) is 29.7 Å². The summed E-state index contributed by atoms with van der Waals surface area (Å²) in [5.74, 6) is -2.73. The highest BCUT2D eigenvalue weighted by atomic mass is 19.1. The van der Waals surface area contributed by atoms with Crippen LogP contribution in [0, 0.1) is 17.7 Å². The maximum absolute atomic E-state index is 13.3. The third kappa shape index (κ3) is 2.14. The van der Waals surface area contributed by atoms with Crippen molar-refractivity contribution in [3.63, 3.8) is 0 Å². The third-order valence-corrected chi connectivity index (χ3v) is 5.92. The van der Waals surface area contributed by atoms with Crippen molar-refractivity contribution in [3.8, 4) is 0 Å². The zero-order valence-electron chi connectivity index (χ0n) is 15.1. The zero-order chi connectivity index (χ0) is 19.6. The Labute approximate surface area is 161 Å². The smallest absolute Gasteiger partial charge is 0.240 e. The number of halogens is 1. The van der Waals surface area contributed by atoms with E-state index in [0.717, 1.165) is 16.2 Å². The van der Waals surface area contributed by atoms with Crippen LogP contribution in [0.3, 0.4) is 0 Å². The highest BCUT2D eigenvalue weighted by Crippen LogP contribution is 2.49. The number of Topliss-reactive ketones (excluding diaryl/α,β-unsaturated/α-hetero) is 1. The van der Waals surface area contributed by atoms with Gasteiger partial charge in [0.15, 0.2) is 5.78 Å². The molecule has 28 heavy (non-hydrogen) atoms. The van der Waals surface area contributed by atoms with E-state index >= 15 is 0 Å². The predicted molar refractivity (Wildman–Crippen MR) is 102 cm³/mol. The molecule has 2 aromatic carbocycles. The molecule has 3 aliphatic heterocycles. The van der Waals surface area contributed by atoms with Crippen molar-refractivity contribution < 1.29 is 18.8 Å². The summed E-state index contributed by atoms with van der Waals surface area (Å²) in [6.45, 7) is 1.46. The molecule has 2 aromatic rings. The molecular weight excluding hydrogens is 359 g/mol. The molecule has 2 fully saturated rings. The van der Waals surface area contributed by atoms with Gasteiger partial charge in [-0.1, -0.05) is 30.4 Å². The number of amides is 2. The molecule has 140 valence electrons. The molecule has 3 aliphatic rings. The first-order valence-corrected chi connectivity index (χ1v) is 9.18. The average Bonchev–Trinajstić information content (AvgIpc) is 3.16. The SMILES string of the molecule is CC(=O)[C@@H]1[C@@H]2C(=O)N(c3ccc(F)cc3)C(=O)[C@@H]2[C@H]2C=Cc3ccccc3N21. The average molecular weight is 376 g/mol. The second-order valence-corrected chi connectivity index (χ2v) is 7.41. The summed E-state index contributed by atoms with van der Waals surface area (Å²) >= 11 is 0. The van der Waals surface area contributed by atoms with Crippen molar-refractivity contribution in [3.05, 3.63) is 66.0 Å². The number of imide groups is 1. The van der Waals surface area contributed by atoms with Gasteiger partial charge in [0.05, 0.1) is 23.6 Å². The molecule has 5 nitrogen and oxygen atoms in total. The van der Waals surface area contributed by atoms with Crippen LogP contribution in [0.5, 0.6) is 0 Å². The van der Waals surface area contributed by atoms with Crippen LogP contribution >= 0.6 is 0 Å². The number of fused-ring (bicyclic) bond motifs is 5.